The molecule has 1 N–H and O–H groups in total. The van der Waals surface area contributed by atoms with Crippen molar-refractivity contribution in [2.45, 2.75) is 97.7 Å². The van der Waals surface area contributed by atoms with Crippen molar-refractivity contribution in [1.29, 1.82) is 0 Å². The zero-order valence-corrected chi connectivity index (χ0v) is 19.5. The number of carbonyl (C=O) groups is 1. The molecule has 1 aliphatic rings. The highest BCUT2D eigenvalue weighted by Crippen LogP contribution is 2.51. The van der Waals surface area contributed by atoms with Crippen molar-refractivity contribution in [3.8, 4) is 0 Å². The second kappa shape index (κ2) is 15.2. The molecule has 0 amide bonds. The number of carbonyl (C=O) groups excluding carboxylic acids is 1. The summed E-state index contributed by atoms with van der Waals surface area (Å²) in [6.07, 6.45) is 13.3. The summed E-state index contributed by atoms with van der Waals surface area (Å²) in [4.78, 5) is 11.5. The van der Waals surface area contributed by atoms with E-state index in [0.717, 1.165) is 19.3 Å². The van der Waals surface area contributed by atoms with Crippen LogP contribution in [0, 0.1) is 5.92 Å². The van der Waals surface area contributed by atoms with Crippen LogP contribution in [0.5, 0.6) is 0 Å². The molecule has 0 aromatic heterocycles. The second-order valence-corrected chi connectivity index (χ2v) is 9.83. The number of unbranched alkanes of at least 4 members (excludes halogenated alkanes) is 9. The number of cyclic esters (lactones) is 1. The van der Waals surface area contributed by atoms with Gasteiger partial charge in [-0.2, -0.15) is 0 Å². The van der Waals surface area contributed by atoms with Crippen LogP contribution in [0.2, 0.25) is 0 Å². The largest absolute Gasteiger partial charge is 0.429 e. The van der Waals surface area contributed by atoms with Crippen molar-refractivity contribution in [1.82, 2.24) is 0 Å². The topological polar surface area (TPSA) is 82.1 Å². The average Bonchev–Trinajstić information content (AvgIpc) is 3.00. The van der Waals surface area contributed by atoms with Gasteiger partial charge in [-0.25, -0.2) is 4.79 Å². The van der Waals surface area contributed by atoms with Crippen LogP contribution in [-0.2, 0) is 23.1 Å². The van der Waals surface area contributed by atoms with Crippen LogP contribution in [0.15, 0.2) is 11.6 Å². The minimum atomic E-state index is -3.27. The molecule has 0 saturated carbocycles. The Morgan fingerprint density at radius 1 is 0.966 bits per heavy atom. The van der Waals surface area contributed by atoms with E-state index in [1.54, 1.807) is 13.8 Å². The summed E-state index contributed by atoms with van der Waals surface area (Å²) in [6, 6.07) is 0. The summed E-state index contributed by atoms with van der Waals surface area (Å²) in [6.45, 7) is 6.37. The minimum Gasteiger partial charge on any atom is -0.429 e. The third kappa shape index (κ3) is 10.8. The van der Waals surface area contributed by atoms with E-state index in [1.807, 2.05) is 0 Å². The number of ether oxygens (including phenoxy) is 1. The van der Waals surface area contributed by atoms with Crippen molar-refractivity contribution in [2.24, 2.45) is 5.92 Å². The van der Waals surface area contributed by atoms with Gasteiger partial charge < -0.3 is 18.9 Å². The molecule has 0 aromatic carbocycles. The van der Waals surface area contributed by atoms with Crippen LogP contribution in [0.1, 0.15) is 91.4 Å². The third-order valence-corrected chi connectivity index (χ3v) is 7.46. The molecule has 1 heterocycles. The normalized spacial score (nSPS) is 18.0. The van der Waals surface area contributed by atoms with Gasteiger partial charge in [-0.3, -0.25) is 4.57 Å². The molecule has 0 fully saturated rings. The summed E-state index contributed by atoms with van der Waals surface area (Å²) in [5, 5.41) is 10.1. The highest BCUT2D eigenvalue weighted by atomic mass is 31.2. The Bertz CT molecular complexity index is 523. The van der Waals surface area contributed by atoms with Gasteiger partial charge in [-0.15, -0.1) is 0 Å². The average molecular weight is 433 g/mol. The first-order valence-electron chi connectivity index (χ1n) is 11.4. The van der Waals surface area contributed by atoms with Crippen molar-refractivity contribution in [3.05, 3.63) is 11.6 Å². The Labute approximate surface area is 176 Å². The molecule has 0 aliphatic carbocycles. The van der Waals surface area contributed by atoms with E-state index < -0.39 is 19.9 Å². The highest BCUT2D eigenvalue weighted by Gasteiger charge is 2.36. The fourth-order valence-corrected chi connectivity index (χ4v) is 5.79. The summed E-state index contributed by atoms with van der Waals surface area (Å²) in [7, 11) is -3.27. The molecule has 0 aromatic rings. The van der Waals surface area contributed by atoms with E-state index in [9.17, 15) is 14.5 Å². The Hall–Kier alpha value is -0.680. The number of esters is 1. The molecule has 0 spiro atoms. The third-order valence-electron chi connectivity index (χ3n) is 5.27. The van der Waals surface area contributed by atoms with Gasteiger partial charge in [-0.1, -0.05) is 71.1 Å². The number of rotatable bonds is 18. The van der Waals surface area contributed by atoms with E-state index in [1.165, 1.54) is 57.4 Å². The fourth-order valence-electron chi connectivity index (χ4n) is 3.79. The number of hydrogen-bond donors (Lipinski definition) is 1. The van der Waals surface area contributed by atoms with Gasteiger partial charge in [0, 0.05) is 11.6 Å². The van der Waals surface area contributed by atoms with Gasteiger partial charge in [0.2, 0.25) is 6.29 Å². The van der Waals surface area contributed by atoms with E-state index in [4.69, 9.17) is 13.8 Å². The molecule has 6 nitrogen and oxygen atoms in total. The van der Waals surface area contributed by atoms with Gasteiger partial charge in [0.05, 0.1) is 19.4 Å². The lowest BCUT2D eigenvalue weighted by Gasteiger charge is -2.25. The van der Waals surface area contributed by atoms with Gasteiger partial charge >= 0.3 is 13.6 Å². The maximum Gasteiger partial charge on any atom is 0.333 e. The first-order valence-corrected chi connectivity index (χ1v) is 13.2. The first kappa shape index (κ1) is 26.4. The van der Waals surface area contributed by atoms with Crippen LogP contribution in [0.25, 0.3) is 0 Å². The predicted octanol–water partition coefficient (Wildman–Crippen LogP) is 5.98. The number of aliphatic hydroxyl groups is 1. The Morgan fingerprint density at radius 3 is 1.93 bits per heavy atom. The Kier molecular flexibility index (Phi) is 13.8. The number of aliphatic hydroxyl groups excluding tert-OH is 1. The monoisotopic (exact) mass is 432 g/mol. The van der Waals surface area contributed by atoms with Gasteiger partial charge in [0.15, 0.2) is 0 Å². The van der Waals surface area contributed by atoms with Crippen LogP contribution >= 0.6 is 7.60 Å². The molecular weight excluding hydrogens is 391 g/mol. The van der Waals surface area contributed by atoms with E-state index in [-0.39, 0.29) is 12.1 Å². The summed E-state index contributed by atoms with van der Waals surface area (Å²) < 4.78 is 28.7. The molecule has 170 valence electrons. The maximum absolute atomic E-state index is 13.0. The maximum atomic E-state index is 13.0. The van der Waals surface area contributed by atoms with Gasteiger partial charge in [0.1, 0.15) is 0 Å². The molecule has 0 radical (unpaired) electrons. The van der Waals surface area contributed by atoms with Crippen molar-refractivity contribution >= 4 is 13.6 Å². The molecule has 1 rings (SSSR count). The van der Waals surface area contributed by atoms with Crippen LogP contribution in [-0.4, -0.2) is 36.7 Å². The molecule has 7 heteroatoms. The van der Waals surface area contributed by atoms with E-state index in [0.29, 0.717) is 18.8 Å². The Morgan fingerprint density at radius 2 is 1.48 bits per heavy atom. The quantitative estimate of drug-likeness (QED) is 0.163. The zero-order valence-electron chi connectivity index (χ0n) is 18.6. The summed E-state index contributed by atoms with van der Waals surface area (Å²) in [5.74, 6) is -0.808. The summed E-state index contributed by atoms with van der Waals surface area (Å²) in [5.41, 5.74) is 0.491. The molecule has 0 bridgehead atoms. The molecule has 1 aliphatic heterocycles. The Balaban J connectivity index is 2.48. The first-order chi connectivity index (χ1) is 14.0. The fraction of sp³-hybridized carbons (Fsp3) is 0.864. The minimum absolute atomic E-state index is 0.158. The van der Waals surface area contributed by atoms with Crippen LogP contribution < -0.4 is 0 Å². The highest BCUT2D eigenvalue weighted by molar-refractivity contribution is 7.53. The van der Waals surface area contributed by atoms with Crippen LogP contribution in [0.4, 0.5) is 0 Å². The molecule has 29 heavy (non-hydrogen) atoms. The SMILES string of the molecule is CCCCCCCCCCCCC(CP(=O)(OCC)OCC)C1=CC(=O)OC1O. The standard InChI is InChI=1S/C22H41O6P/c1-4-7-8-9-10-11-12-13-14-15-16-19(20-17-21(23)28-22(20)24)18-29(25,26-5-2)27-6-3/h17,19,22,24H,4-16,18H2,1-3H3. The van der Waals surface area contributed by atoms with Gasteiger partial charge in [-0.05, 0) is 26.2 Å². The van der Waals surface area contributed by atoms with Gasteiger partial charge in [0.25, 0.3) is 0 Å². The lowest BCUT2D eigenvalue weighted by Crippen LogP contribution is -2.20. The van der Waals surface area contributed by atoms with Crippen molar-refractivity contribution in [3.63, 3.8) is 0 Å². The second-order valence-electron chi connectivity index (χ2n) is 7.73. The lowest BCUT2D eigenvalue weighted by molar-refractivity contribution is -0.151. The van der Waals surface area contributed by atoms with Crippen molar-refractivity contribution < 1.29 is 28.3 Å². The smallest absolute Gasteiger partial charge is 0.333 e. The lowest BCUT2D eigenvalue weighted by atomic mass is 9.94. The molecule has 2 unspecified atom stereocenters. The summed E-state index contributed by atoms with van der Waals surface area (Å²) >= 11 is 0. The number of hydrogen-bond acceptors (Lipinski definition) is 6. The van der Waals surface area contributed by atoms with E-state index >= 15 is 0 Å². The molecule has 2 atom stereocenters. The predicted molar refractivity (Wildman–Crippen MR) is 116 cm³/mol. The zero-order chi connectivity index (χ0) is 21.5. The van der Waals surface area contributed by atoms with E-state index in [2.05, 4.69) is 6.92 Å². The molecule has 0 saturated heterocycles. The van der Waals surface area contributed by atoms with Crippen molar-refractivity contribution in [2.75, 3.05) is 19.4 Å². The van der Waals surface area contributed by atoms with Crippen LogP contribution in [0.3, 0.4) is 0 Å². The molecular formula is C22H41O6P.